The molecular formula is C17H20BrN. The van der Waals surface area contributed by atoms with Gasteiger partial charge < -0.3 is 5.73 Å². The highest BCUT2D eigenvalue weighted by Gasteiger charge is 2.18. The van der Waals surface area contributed by atoms with Crippen molar-refractivity contribution in [3.05, 3.63) is 69.7 Å². The summed E-state index contributed by atoms with van der Waals surface area (Å²) in [5, 5.41) is 0. The van der Waals surface area contributed by atoms with E-state index >= 15 is 0 Å². The van der Waals surface area contributed by atoms with Gasteiger partial charge >= 0.3 is 0 Å². The molecule has 2 rings (SSSR count). The van der Waals surface area contributed by atoms with Gasteiger partial charge in [0.05, 0.1) is 0 Å². The molecule has 0 fully saturated rings. The van der Waals surface area contributed by atoms with Crippen molar-refractivity contribution in [1.29, 1.82) is 0 Å². The zero-order valence-electron chi connectivity index (χ0n) is 11.5. The van der Waals surface area contributed by atoms with Gasteiger partial charge in [0, 0.05) is 16.4 Å². The van der Waals surface area contributed by atoms with Gasteiger partial charge in [0.15, 0.2) is 0 Å². The van der Waals surface area contributed by atoms with E-state index in [0.717, 1.165) is 10.9 Å². The maximum Gasteiger partial charge on any atom is 0.0178 e. The maximum absolute atomic E-state index is 5.85. The Hall–Kier alpha value is -1.12. The van der Waals surface area contributed by atoms with Crippen LogP contribution in [-0.2, 0) is 11.8 Å². The molecule has 2 heteroatoms. The van der Waals surface area contributed by atoms with Crippen molar-refractivity contribution in [3.8, 4) is 0 Å². The van der Waals surface area contributed by atoms with Crippen LogP contribution in [0.15, 0.2) is 53.0 Å². The van der Waals surface area contributed by atoms with Gasteiger partial charge in [-0.05, 0) is 35.2 Å². The lowest BCUT2D eigenvalue weighted by Gasteiger charge is -2.23. The molecule has 0 spiro atoms. The molecular weight excluding hydrogens is 298 g/mol. The minimum atomic E-state index is 0.0350. The summed E-state index contributed by atoms with van der Waals surface area (Å²) in [6.07, 6.45) is 0.952. The van der Waals surface area contributed by atoms with Crippen LogP contribution in [0.4, 0.5) is 0 Å². The van der Waals surface area contributed by atoms with Crippen LogP contribution in [0.25, 0.3) is 0 Å². The van der Waals surface area contributed by atoms with E-state index in [1.165, 1.54) is 16.7 Å². The SMILES string of the molecule is CC(C)(CN)c1cccc(Cc2cccc(Br)c2)c1. The van der Waals surface area contributed by atoms with Gasteiger partial charge in [0.25, 0.3) is 0 Å². The zero-order valence-corrected chi connectivity index (χ0v) is 13.1. The molecule has 2 aromatic carbocycles. The highest BCUT2D eigenvalue weighted by Crippen LogP contribution is 2.24. The van der Waals surface area contributed by atoms with Gasteiger partial charge in [-0.2, -0.15) is 0 Å². The van der Waals surface area contributed by atoms with Crippen LogP contribution in [0.2, 0.25) is 0 Å². The molecule has 0 saturated carbocycles. The van der Waals surface area contributed by atoms with Gasteiger partial charge in [-0.15, -0.1) is 0 Å². The molecule has 0 aliphatic carbocycles. The lowest BCUT2D eigenvalue weighted by molar-refractivity contribution is 0.538. The molecule has 19 heavy (non-hydrogen) atoms. The number of nitrogens with two attached hydrogens (primary N) is 1. The van der Waals surface area contributed by atoms with Gasteiger partial charge in [-0.3, -0.25) is 0 Å². The molecule has 0 atom stereocenters. The number of hydrogen-bond acceptors (Lipinski definition) is 1. The van der Waals surface area contributed by atoms with Crippen LogP contribution in [0.3, 0.4) is 0 Å². The molecule has 0 aromatic heterocycles. The summed E-state index contributed by atoms with van der Waals surface area (Å²) in [4.78, 5) is 0. The average Bonchev–Trinajstić information content (AvgIpc) is 2.39. The summed E-state index contributed by atoms with van der Waals surface area (Å²) in [6, 6.07) is 17.2. The van der Waals surface area contributed by atoms with E-state index in [0.29, 0.717) is 6.54 Å². The molecule has 0 saturated heterocycles. The monoisotopic (exact) mass is 317 g/mol. The molecule has 1 nitrogen and oxygen atoms in total. The van der Waals surface area contributed by atoms with E-state index in [1.807, 2.05) is 0 Å². The topological polar surface area (TPSA) is 26.0 Å². The highest BCUT2D eigenvalue weighted by atomic mass is 79.9. The van der Waals surface area contributed by atoms with Crippen molar-refractivity contribution in [2.45, 2.75) is 25.7 Å². The fourth-order valence-corrected chi connectivity index (χ4v) is 2.55. The number of halogens is 1. The lowest BCUT2D eigenvalue weighted by Crippen LogP contribution is -2.28. The second-order valence-corrected chi connectivity index (χ2v) is 6.51. The third-order valence-electron chi connectivity index (χ3n) is 3.52. The maximum atomic E-state index is 5.85. The number of hydrogen-bond donors (Lipinski definition) is 1. The summed E-state index contributed by atoms with van der Waals surface area (Å²) in [7, 11) is 0. The first-order chi connectivity index (χ1) is 9.01. The predicted octanol–water partition coefficient (Wildman–Crippen LogP) is 4.28. The normalized spacial score (nSPS) is 11.6. The minimum Gasteiger partial charge on any atom is -0.330 e. The standard InChI is InChI=1S/C17H20BrN/c1-17(2,12-19)15-7-3-5-13(10-15)9-14-6-4-8-16(18)11-14/h3-8,10-11H,9,12,19H2,1-2H3. The predicted molar refractivity (Wildman–Crippen MR) is 85.5 cm³/mol. The van der Waals surface area contributed by atoms with E-state index < -0.39 is 0 Å². The van der Waals surface area contributed by atoms with E-state index in [4.69, 9.17) is 5.73 Å². The van der Waals surface area contributed by atoms with Gasteiger partial charge in [0.1, 0.15) is 0 Å². The summed E-state index contributed by atoms with van der Waals surface area (Å²) < 4.78 is 1.13. The average molecular weight is 318 g/mol. The Morgan fingerprint density at radius 1 is 1.00 bits per heavy atom. The number of benzene rings is 2. The first-order valence-electron chi connectivity index (χ1n) is 6.55. The summed E-state index contributed by atoms with van der Waals surface area (Å²) >= 11 is 3.52. The quantitative estimate of drug-likeness (QED) is 0.895. The van der Waals surface area contributed by atoms with Crippen molar-refractivity contribution in [2.75, 3.05) is 6.54 Å². The summed E-state index contributed by atoms with van der Waals surface area (Å²) in [5.74, 6) is 0. The van der Waals surface area contributed by atoms with Crippen LogP contribution in [0.5, 0.6) is 0 Å². The molecule has 0 heterocycles. The van der Waals surface area contributed by atoms with Crippen molar-refractivity contribution < 1.29 is 0 Å². The Bertz CT molecular complexity index is 561. The molecule has 2 aromatic rings. The van der Waals surface area contributed by atoms with E-state index in [2.05, 4.69) is 78.3 Å². The Kier molecular flexibility index (Phi) is 4.43. The van der Waals surface area contributed by atoms with Crippen molar-refractivity contribution in [3.63, 3.8) is 0 Å². The van der Waals surface area contributed by atoms with Gasteiger partial charge in [-0.25, -0.2) is 0 Å². The first-order valence-corrected chi connectivity index (χ1v) is 7.34. The van der Waals surface area contributed by atoms with Crippen molar-refractivity contribution in [2.24, 2.45) is 5.73 Å². The van der Waals surface area contributed by atoms with Crippen LogP contribution in [0.1, 0.15) is 30.5 Å². The smallest absolute Gasteiger partial charge is 0.0178 e. The third-order valence-corrected chi connectivity index (χ3v) is 4.01. The van der Waals surface area contributed by atoms with Gasteiger partial charge in [0.2, 0.25) is 0 Å². The van der Waals surface area contributed by atoms with E-state index in [1.54, 1.807) is 0 Å². The fourth-order valence-electron chi connectivity index (χ4n) is 2.10. The fraction of sp³-hybridized carbons (Fsp3) is 0.294. The Balaban J connectivity index is 2.25. The highest BCUT2D eigenvalue weighted by molar-refractivity contribution is 9.10. The van der Waals surface area contributed by atoms with Gasteiger partial charge in [-0.1, -0.05) is 66.2 Å². The molecule has 2 N–H and O–H groups in total. The molecule has 0 bridgehead atoms. The Morgan fingerprint density at radius 2 is 1.63 bits per heavy atom. The van der Waals surface area contributed by atoms with Crippen LogP contribution < -0.4 is 5.73 Å². The minimum absolute atomic E-state index is 0.0350. The zero-order chi connectivity index (χ0) is 13.9. The Labute approximate surface area is 124 Å². The largest absolute Gasteiger partial charge is 0.330 e. The van der Waals surface area contributed by atoms with Crippen LogP contribution in [0, 0.1) is 0 Å². The molecule has 0 unspecified atom stereocenters. The lowest BCUT2D eigenvalue weighted by atomic mass is 9.83. The second kappa shape index (κ2) is 5.89. The molecule has 100 valence electrons. The Morgan fingerprint density at radius 3 is 2.26 bits per heavy atom. The third kappa shape index (κ3) is 3.68. The van der Waals surface area contributed by atoms with Crippen molar-refractivity contribution in [1.82, 2.24) is 0 Å². The number of rotatable bonds is 4. The molecule has 0 aliphatic rings. The van der Waals surface area contributed by atoms with Crippen LogP contribution >= 0.6 is 15.9 Å². The summed E-state index contributed by atoms with van der Waals surface area (Å²) in [5.41, 5.74) is 9.84. The van der Waals surface area contributed by atoms with E-state index in [9.17, 15) is 0 Å². The van der Waals surface area contributed by atoms with Crippen LogP contribution in [-0.4, -0.2) is 6.54 Å². The molecule has 0 amide bonds. The first kappa shape index (κ1) is 14.3. The summed E-state index contributed by atoms with van der Waals surface area (Å²) in [6.45, 7) is 5.03. The molecule has 0 aliphatic heterocycles. The molecule has 0 radical (unpaired) electrons. The van der Waals surface area contributed by atoms with E-state index in [-0.39, 0.29) is 5.41 Å². The van der Waals surface area contributed by atoms with Crippen molar-refractivity contribution >= 4 is 15.9 Å². The second-order valence-electron chi connectivity index (χ2n) is 5.60.